The Morgan fingerprint density at radius 2 is 2.16 bits per heavy atom. The first-order valence-electron chi connectivity index (χ1n) is 6.06. The number of nitrogens with zero attached hydrogens (tertiary/aromatic N) is 1. The van der Waals surface area contributed by atoms with E-state index in [9.17, 15) is 4.79 Å². The molecular formula is C15H16N2O2. The number of carbonyl (C=O) groups excluding carboxylic acids is 1. The van der Waals surface area contributed by atoms with Gasteiger partial charge in [-0.2, -0.15) is 0 Å². The van der Waals surface area contributed by atoms with Crippen molar-refractivity contribution in [1.29, 1.82) is 0 Å². The number of benzene rings is 1. The van der Waals surface area contributed by atoms with E-state index in [1.165, 1.54) is 6.20 Å². The smallest absolute Gasteiger partial charge is 0.336 e. The van der Waals surface area contributed by atoms with Crippen LogP contribution in [0.15, 0.2) is 66.7 Å². The maximum absolute atomic E-state index is 11.8. The average molecular weight is 256 g/mol. The Labute approximate surface area is 112 Å². The Morgan fingerprint density at radius 3 is 2.89 bits per heavy atom. The lowest BCUT2D eigenvalue weighted by Gasteiger charge is -2.20. The summed E-state index contributed by atoms with van der Waals surface area (Å²) >= 11 is 0. The highest BCUT2D eigenvalue weighted by atomic mass is 16.5. The predicted molar refractivity (Wildman–Crippen MR) is 75.0 cm³/mol. The quantitative estimate of drug-likeness (QED) is 0.840. The van der Waals surface area contributed by atoms with E-state index >= 15 is 0 Å². The summed E-state index contributed by atoms with van der Waals surface area (Å²) in [7, 11) is 0. The van der Waals surface area contributed by atoms with Crippen molar-refractivity contribution in [3.8, 4) is 0 Å². The second-order valence-corrected chi connectivity index (χ2v) is 4.01. The molecule has 0 radical (unpaired) electrons. The number of hydrogen-bond acceptors (Lipinski definition) is 4. The van der Waals surface area contributed by atoms with Crippen LogP contribution in [0.3, 0.4) is 0 Å². The third kappa shape index (κ3) is 3.48. The molecule has 19 heavy (non-hydrogen) atoms. The number of allylic oxidation sites excluding steroid dienone is 1. The lowest BCUT2D eigenvalue weighted by atomic mass is 10.1. The number of para-hydroxylation sites is 1. The third-order valence-electron chi connectivity index (χ3n) is 2.66. The summed E-state index contributed by atoms with van der Waals surface area (Å²) < 4.78 is 5.07. The molecule has 0 aromatic heterocycles. The Hall–Kier alpha value is -2.49. The fraction of sp³-hybridized carbons (Fsp3) is 0.133. The molecule has 1 aromatic rings. The predicted octanol–water partition coefficient (Wildman–Crippen LogP) is 2.31. The van der Waals surface area contributed by atoms with Crippen LogP contribution >= 0.6 is 0 Å². The normalized spacial score (nSPS) is 14.5. The number of ether oxygens (including phenoxy) is 1. The molecule has 0 atom stereocenters. The summed E-state index contributed by atoms with van der Waals surface area (Å²) in [6, 6.07) is 9.82. The summed E-state index contributed by atoms with van der Waals surface area (Å²) in [5.41, 5.74) is 6.81. The van der Waals surface area contributed by atoms with Gasteiger partial charge in [-0.3, -0.25) is 0 Å². The SMILES string of the molecule is NC=CCOC(=O)C1=CN(c2ccccc2)C=CC1. The van der Waals surface area contributed by atoms with Crippen LogP contribution in [0, 0.1) is 0 Å². The molecule has 1 heterocycles. The van der Waals surface area contributed by atoms with Crippen molar-refractivity contribution in [2.75, 3.05) is 11.5 Å². The van der Waals surface area contributed by atoms with E-state index in [4.69, 9.17) is 10.5 Å². The largest absolute Gasteiger partial charge is 0.458 e. The highest BCUT2D eigenvalue weighted by Crippen LogP contribution is 2.21. The molecule has 4 heteroatoms. The van der Waals surface area contributed by atoms with Gasteiger partial charge in [-0.15, -0.1) is 0 Å². The van der Waals surface area contributed by atoms with Crippen molar-refractivity contribution in [2.24, 2.45) is 5.73 Å². The molecule has 0 unspecified atom stereocenters. The topological polar surface area (TPSA) is 55.6 Å². The molecule has 98 valence electrons. The van der Waals surface area contributed by atoms with E-state index in [2.05, 4.69) is 0 Å². The molecule has 2 N–H and O–H groups in total. The van der Waals surface area contributed by atoms with Crippen LogP contribution in [0.5, 0.6) is 0 Å². The summed E-state index contributed by atoms with van der Waals surface area (Å²) in [5.74, 6) is -0.316. The van der Waals surface area contributed by atoms with Gasteiger partial charge in [0, 0.05) is 24.5 Å². The molecule has 0 aliphatic carbocycles. The molecule has 0 bridgehead atoms. The van der Waals surface area contributed by atoms with Crippen LogP contribution in [-0.2, 0) is 9.53 Å². The summed E-state index contributed by atoms with van der Waals surface area (Å²) in [4.78, 5) is 13.7. The molecule has 0 saturated carbocycles. The molecular weight excluding hydrogens is 240 g/mol. The van der Waals surface area contributed by atoms with Gasteiger partial charge in [0.05, 0.1) is 5.57 Å². The summed E-state index contributed by atoms with van der Waals surface area (Å²) in [6.45, 7) is 0.196. The lowest BCUT2D eigenvalue weighted by Crippen LogP contribution is -2.17. The fourth-order valence-electron chi connectivity index (χ4n) is 1.73. The molecule has 2 rings (SSSR count). The first-order chi connectivity index (χ1) is 9.31. The van der Waals surface area contributed by atoms with Gasteiger partial charge < -0.3 is 15.4 Å². The van der Waals surface area contributed by atoms with Crippen molar-refractivity contribution in [2.45, 2.75) is 6.42 Å². The molecule has 4 nitrogen and oxygen atoms in total. The van der Waals surface area contributed by atoms with E-state index in [1.807, 2.05) is 47.5 Å². The number of rotatable bonds is 4. The first-order valence-corrected chi connectivity index (χ1v) is 6.06. The van der Waals surface area contributed by atoms with Gasteiger partial charge in [0.2, 0.25) is 0 Å². The second-order valence-electron chi connectivity index (χ2n) is 4.01. The van der Waals surface area contributed by atoms with Gasteiger partial charge in [-0.1, -0.05) is 24.3 Å². The Bertz CT molecular complexity index is 518. The second kappa shape index (κ2) is 6.44. The van der Waals surface area contributed by atoms with Crippen molar-refractivity contribution in [3.05, 3.63) is 66.7 Å². The first kappa shape index (κ1) is 13.0. The van der Waals surface area contributed by atoms with Crippen LogP contribution in [-0.4, -0.2) is 12.6 Å². The van der Waals surface area contributed by atoms with Crippen LogP contribution in [0.25, 0.3) is 0 Å². The van der Waals surface area contributed by atoms with E-state index in [0.29, 0.717) is 12.0 Å². The highest BCUT2D eigenvalue weighted by Gasteiger charge is 2.14. The maximum Gasteiger partial charge on any atom is 0.336 e. The number of nitrogens with two attached hydrogens (primary N) is 1. The summed E-state index contributed by atoms with van der Waals surface area (Å²) in [5, 5.41) is 0. The van der Waals surface area contributed by atoms with E-state index in [0.717, 1.165) is 5.69 Å². The van der Waals surface area contributed by atoms with E-state index in [1.54, 1.807) is 12.3 Å². The molecule has 0 fully saturated rings. The monoisotopic (exact) mass is 256 g/mol. The minimum Gasteiger partial charge on any atom is -0.458 e. The summed E-state index contributed by atoms with van der Waals surface area (Å²) in [6.07, 6.45) is 9.19. The van der Waals surface area contributed by atoms with Gasteiger partial charge >= 0.3 is 5.97 Å². The zero-order valence-electron chi connectivity index (χ0n) is 10.5. The van der Waals surface area contributed by atoms with Gasteiger partial charge in [0.1, 0.15) is 6.61 Å². The van der Waals surface area contributed by atoms with Crippen LogP contribution in [0.4, 0.5) is 5.69 Å². The van der Waals surface area contributed by atoms with Crippen LogP contribution < -0.4 is 10.6 Å². The average Bonchev–Trinajstić information content (AvgIpc) is 2.48. The molecule has 0 saturated heterocycles. The van der Waals surface area contributed by atoms with Gasteiger partial charge in [0.25, 0.3) is 0 Å². The lowest BCUT2D eigenvalue weighted by molar-refractivity contribution is -0.137. The standard InChI is InChI=1S/C15H16N2O2/c16-9-5-11-19-15(18)13-6-4-10-17(12-13)14-7-2-1-3-8-14/h1-5,7-10,12H,6,11,16H2. The maximum atomic E-state index is 11.8. The van der Waals surface area contributed by atoms with Crippen molar-refractivity contribution in [3.63, 3.8) is 0 Å². The minimum absolute atomic E-state index is 0.196. The van der Waals surface area contributed by atoms with Gasteiger partial charge in [0.15, 0.2) is 0 Å². The number of hydrogen-bond donors (Lipinski definition) is 1. The molecule has 1 aliphatic rings. The molecule has 1 aliphatic heterocycles. The fourth-order valence-corrected chi connectivity index (χ4v) is 1.73. The van der Waals surface area contributed by atoms with E-state index < -0.39 is 0 Å². The van der Waals surface area contributed by atoms with Crippen LogP contribution in [0.1, 0.15) is 6.42 Å². The van der Waals surface area contributed by atoms with Crippen molar-refractivity contribution < 1.29 is 9.53 Å². The zero-order valence-corrected chi connectivity index (χ0v) is 10.5. The molecule has 0 amide bonds. The number of anilines is 1. The van der Waals surface area contributed by atoms with Crippen molar-refractivity contribution in [1.82, 2.24) is 0 Å². The highest BCUT2D eigenvalue weighted by molar-refractivity contribution is 5.90. The minimum atomic E-state index is -0.316. The third-order valence-corrected chi connectivity index (χ3v) is 2.66. The van der Waals surface area contributed by atoms with Gasteiger partial charge in [-0.05, 0) is 24.4 Å². The van der Waals surface area contributed by atoms with E-state index in [-0.39, 0.29) is 12.6 Å². The zero-order chi connectivity index (χ0) is 13.5. The number of esters is 1. The number of carbonyl (C=O) groups is 1. The molecule has 1 aromatic carbocycles. The van der Waals surface area contributed by atoms with Gasteiger partial charge in [-0.25, -0.2) is 4.79 Å². The Kier molecular flexibility index (Phi) is 4.39. The van der Waals surface area contributed by atoms with Crippen LogP contribution in [0.2, 0.25) is 0 Å². The Morgan fingerprint density at radius 1 is 1.37 bits per heavy atom. The molecule has 0 spiro atoms. The Balaban J connectivity index is 2.06. The van der Waals surface area contributed by atoms with Crippen molar-refractivity contribution >= 4 is 11.7 Å².